The fourth-order valence-corrected chi connectivity index (χ4v) is 5.78. The first-order valence-corrected chi connectivity index (χ1v) is 13.9. The number of rotatable bonds is 9. The molecule has 1 aliphatic heterocycles. The number of dihydropyridines is 1. The van der Waals surface area contributed by atoms with Crippen LogP contribution >= 0.6 is 23.4 Å². The molecular weight excluding hydrogens is 510 g/mol. The minimum atomic E-state index is -0.542. The molecule has 1 N–H and O–H groups in total. The van der Waals surface area contributed by atoms with Gasteiger partial charge >= 0.3 is 5.97 Å². The average Bonchev–Trinajstić information content (AvgIpc) is 2.89. The van der Waals surface area contributed by atoms with E-state index in [1.807, 2.05) is 43.3 Å². The normalized spacial score (nSPS) is 19.3. The van der Waals surface area contributed by atoms with Crippen LogP contribution in [0.4, 0.5) is 0 Å². The Bertz CT molecular complexity index is 1250. The minimum absolute atomic E-state index is 0.00199. The van der Waals surface area contributed by atoms with Crippen molar-refractivity contribution in [2.24, 2.45) is 0 Å². The number of ketones is 1. The summed E-state index contributed by atoms with van der Waals surface area (Å²) in [6.45, 7) is 4.25. The van der Waals surface area contributed by atoms with Crippen molar-refractivity contribution in [3.05, 3.63) is 81.2 Å². The van der Waals surface area contributed by atoms with E-state index in [4.69, 9.17) is 25.8 Å². The van der Waals surface area contributed by atoms with Crippen molar-refractivity contribution >= 4 is 35.1 Å². The molecule has 1 aliphatic carbocycles. The molecule has 0 spiro atoms. The average molecular weight is 542 g/mol. The number of nitrogens with one attached hydrogen (secondary N) is 1. The van der Waals surface area contributed by atoms with Crippen molar-refractivity contribution in [2.75, 3.05) is 32.3 Å². The predicted molar refractivity (Wildman–Crippen MR) is 148 cm³/mol. The Morgan fingerprint density at radius 1 is 1.08 bits per heavy atom. The number of hydrogen-bond acceptors (Lipinski definition) is 7. The highest BCUT2D eigenvalue weighted by atomic mass is 35.5. The van der Waals surface area contributed by atoms with E-state index in [9.17, 15) is 9.59 Å². The number of hydrogen-bond donors (Lipinski definition) is 1. The Kier molecular flexibility index (Phi) is 8.87. The molecule has 2 aromatic rings. The topological polar surface area (TPSA) is 73.9 Å². The van der Waals surface area contributed by atoms with E-state index in [0.717, 1.165) is 28.3 Å². The standard InChI is InChI=1S/C29H32ClNO5S/c1-5-37-12-11-36-29(33)26-17(2)31-22-14-20(18-9-10-24(34-3)25(16-18)35-4)15-23(32)28(22)27(26)19-7-6-8-21(30)13-19/h6-10,13,16,20,27,31H,5,11-12,14-15H2,1-4H3/t20-,27+/m0/s1. The number of ether oxygens (including phenoxy) is 3. The van der Waals surface area contributed by atoms with Crippen LogP contribution in [-0.2, 0) is 14.3 Å². The highest BCUT2D eigenvalue weighted by molar-refractivity contribution is 7.99. The molecule has 196 valence electrons. The lowest BCUT2D eigenvalue weighted by molar-refractivity contribution is -0.138. The summed E-state index contributed by atoms with van der Waals surface area (Å²) >= 11 is 8.05. The fourth-order valence-electron chi connectivity index (χ4n) is 5.09. The maximum absolute atomic E-state index is 13.8. The Hall–Kier alpha value is -2.90. The molecule has 0 amide bonds. The maximum Gasteiger partial charge on any atom is 0.336 e. The summed E-state index contributed by atoms with van der Waals surface area (Å²) in [7, 11) is 3.20. The molecule has 0 saturated heterocycles. The summed E-state index contributed by atoms with van der Waals surface area (Å²) < 4.78 is 16.5. The summed E-state index contributed by atoms with van der Waals surface area (Å²) in [5.74, 6) is 1.96. The second kappa shape index (κ2) is 12.1. The SMILES string of the molecule is CCSCCOC(=O)C1=C(C)NC2=C(C(=O)C[C@@H](c3ccc(OC)c(OC)c3)C2)[C@@H]1c1cccc(Cl)c1. The molecule has 0 aromatic heterocycles. The van der Waals surface area contributed by atoms with E-state index < -0.39 is 11.9 Å². The van der Waals surface area contributed by atoms with Gasteiger partial charge in [-0.2, -0.15) is 11.8 Å². The number of thioether (sulfide) groups is 1. The molecular formula is C29H32ClNO5S. The number of Topliss-reactive ketones (excluding diaryl/α,β-unsaturated/α-hetero) is 1. The molecule has 2 aliphatic rings. The van der Waals surface area contributed by atoms with Crippen LogP contribution in [-0.4, -0.2) is 44.1 Å². The van der Waals surface area contributed by atoms with Gasteiger partial charge in [-0.15, -0.1) is 0 Å². The number of allylic oxidation sites excluding steroid dienone is 3. The molecule has 0 unspecified atom stereocenters. The zero-order valence-corrected chi connectivity index (χ0v) is 23.1. The molecule has 2 atom stereocenters. The lowest BCUT2D eigenvalue weighted by Crippen LogP contribution is -2.36. The second-order valence-corrected chi connectivity index (χ2v) is 10.8. The van der Waals surface area contributed by atoms with Crippen LogP contribution in [0.2, 0.25) is 5.02 Å². The summed E-state index contributed by atoms with van der Waals surface area (Å²) in [4.78, 5) is 27.1. The molecule has 37 heavy (non-hydrogen) atoms. The van der Waals surface area contributed by atoms with Crippen LogP contribution in [0.15, 0.2) is 65.0 Å². The van der Waals surface area contributed by atoms with Gasteiger partial charge in [-0.1, -0.05) is 36.7 Å². The van der Waals surface area contributed by atoms with E-state index in [0.29, 0.717) is 52.8 Å². The van der Waals surface area contributed by atoms with Gasteiger partial charge in [0, 0.05) is 40.1 Å². The van der Waals surface area contributed by atoms with E-state index in [2.05, 4.69) is 12.2 Å². The third-order valence-corrected chi connectivity index (χ3v) is 7.87. The van der Waals surface area contributed by atoms with Gasteiger partial charge in [0.2, 0.25) is 0 Å². The highest BCUT2D eigenvalue weighted by Gasteiger charge is 2.41. The molecule has 0 radical (unpaired) electrons. The maximum atomic E-state index is 13.8. The van der Waals surface area contributed by atoms with Crippen molar-refractivity contribution in [3.8, 4) is 11.5 Å². The van der Waals surface area contributed by atoms with Crippen LogP contribution in [0.25, 0.3) is 0 Å². The van der Waals surface area contributed by atoms with Crippen molar-refractivity contribution in [1.29, 1.82) is 0 Å². The van der Waals surface area contributed by atoms with Crippen LogP contribution in [0.1, 0.15) is 49.7 Å². The predicted octanol–water partition coefficient (Wildman–Crippen LogP) is 6.02. The number of esters is 1. The first-order chi connectivity index (χ1) is 17.9. The Morgan fingerprint density at radius 2 is 1.86 bits per heavy atom. The van der Waals surface area contributed by atoms with Crippen LogP contribution < -0.4 is 14.8 Å². The number of carbonyl (C=O) groups excluding carboxylic acids is 2. The van der Waals surface area contributed by atoms with Crippen LogP contribution in [0.3, 0.4) is 0 Å². The molecule has 0 fully saturated rings. The van der Waals surface area contributed by atoms with Crippen molar-refractivity contribution in [3.63, 3.8) is 0 Å². The number of methoxy groups -OCH3 is 2. The van der Waals surface area contributed by atoms with E-state index in [1.54, 1.807) is 32.0 Å². The molecule has 4 rings (SSSR count). The molecule has 2 aromatic carbocycles. The lowest BCUT2D eigenvalue weighted by Gasteiger charge is -2.36. The smallest absolute Gasteiger partial charge is 0.336 e. The van der Waals surface area contributed by atoms with E-state index in [-0.39, 0.29) is 11.7 Å². The summed E-state index contributed by atoms with van der Waals surface area (Å²) in [5.41, 5.74) is 4.39. The Balaban J connectivity index is 1.71. The number of carbonyl (C=O) groups is 2. The van der Waals surface area contributed by atoms with Gasteiger partial charge in [0.25, 0.3) is 0 Å². The van der Waals surface area contributed by atoms with Gasteiger partial charge in [-0.05, 0) is 60.4 Å². The second-order valence-electron chi connectivity index (χ2n) is 9.02. The molecule has 1 heterocycles. The quantitative estimate of drug-likeness (QED) is 0.307. The zero-order chi connectivity index (χ0) is 26.5. The number of benzene rings is 2. The van der Waals surface area contributed by atoms with Gasteiger partial charge in [0.15, 0.2) is 17.3 Å². The summed E-state index contributed by atoms with van der Waals surface area (Å²) in [6.07, 6.45) is 0.946. The Morgan fingerprint density at radius 3 is 2.57 bits per heavy atom. The zero-order valence-electron chi connectivity index (χ0n) is 21.6. The molecule has 0 saturated carbocycles. The van der Waals surface area contributed by atoms with Crippen molar-refractivity contribution in [1.82, 2.24) is 5.32 Å². The van der Waals surface area contributed by atoms with Gasteiger partial charge in [0.05, 0.1) is 19.8 Å². The third-order valence-electron chi connectivity index (χ3n) is 6.77. The number of halogens is 1. The van der Waals surface area contributed by atoms with Gasteiger partial charge in [-0.25, -0.2) is 4.79 Å². The van der Waals surface area contributed by atoms with Crippen LogP contribution in [0.5, 0.6) is 11.5 Å². The summed E-state index contributed by atoms with van der Waals surface area (Å²) in [6, 6.07) is 13.1. The van der Waals surface area contributed by atoms with E-state index >= 15 is 0 Å². The lowest BCUT2D eigenvalue weighted by atomic mass is 9.71. The first kappa shape index (κ1) is 27.1. The first-order valence-electron chi connectivity index (χ1n) is 12.3. The molecule has 0 bridgehead atoms. The van der Waals surface area contributed by atoms with Gasteiger partial charge < -0.3 is 19.5 Å². The fraction of sp³-hybridized carbons (Fsp3) is 0.379. The van der Waals surface area contributed by atoms with Gasteiger partial charge in [0.1, 0.15) is 6.61 Å². The monoisotopic (exact) mass is 541 g/mol. The third kappa shape index (κ3) is 5.83. The van der Waals surface area contributed by atoms with Crippen LogP contribution in [0, 0.1) is 0 Å². The molecule has 8 heteroatoms. The van der Waals surface area contributed by atoms with Crippen molar-refractivity contribution < 1.29 is 23.8 Å². The Labute approximate surface area is 227 Å². The molecule has 6 nitrogen and oxygen atoms in total. The highest BCUT2D eigenvalue weighted by Crippen LogP contribution is 2.46. The van der Waals surface area contributed by atoms with Gasteiger partial charge in [-0.3, -0.25) is 4.79 Å². The van der Waals surface area contributed by atoms with E-state index in [1.165, 1.54) is 0 Å². The summed E-state index contributed by atoms with van der Waals surface area (Å²) in [5, 5.41) is 3.94. The minimum Gasteiger partial charge on any atom is -0.493 e. The largest absolute Gasteiger partial charge is 0.493 e. The van der Waals surface area contributed by atoms with Crippen molar-refractivity contribution in [2.45, 2.75) is 38.5 Å².